The quantitative estimate of drug-likeness (QED) is 0.859. The molecule has 1 aromatic heterocycles. The van der Waals surface area contributed by atoms with Crippen LogP contribution in [0.15, 0.2) is 18.3 Å². The lowest BCUT2D eigenvalue weighted by Crippen LogP contribution is -2.44. The molecule has 5 heteroatoms. The molecule has 3 rings (SSSR count). The summed E-state index contributed by atoms with van der Waals surface area (Å²) in [6, 6.07) is 3.53. The standard InChI is InChI=1S/C14H19N3O2/c1-15-12-10(4-2-8-16-12)13(18)17-9-3-5-11(17)14(19)6-7-14/h2,4,8,11,19H,3,5-7,9H2,1H3,(H,15,16). The van der Waals surface area contributed by atoms with E-state index in [1.807, 2.05) is 4.90 Å². The smallest absolute Gasteiger partial charge is 0.257 e. The van der Waals surface area contributed by atoms with E-state index in [9.17, 15) is 9.90 Å². The van der Waals surface area contributed by atoms with E-state index >= 15 is 0 Å². The second kappa shape index (κ2) is 4.49. The van der Waals surface area contributed by atoms with Gasteiger partial charge in [0.25, 0.3) is 5.91 Å². The van der Waals surface area contributed by atoms with Crippen LogP contribution in [0.4, 0.5) is 5.82 Å². The first kappa shape index (κ1) is 12.4. The van der Waals surface area contributed by atoms with Gasteiger partial charge < -0.3 is 15.3 Å². The Morgan fingerprint density at radius 3 is 3.05 bits per heavy atom. The second-order valence-electron chi connectivity index (χ2n) is 5.41. The molecule has 2 heterocycles. The summed E-state index contributed by atoms with van der Waals surface area (Å²) >= 11 is 0. The van der Waals surface area contributed by atoms with Crippen molar-refractivity contribution in [1.82, 2.24) is 9.88 Å². The molecule has 1 aromatic rings. The molecule has 1 unspecified atom stereocenters. The van der Waals surface area contributed by atoms with Gasteiger partial charge in [-0.3, -0.25) is 4.79 Å². The Labute approximate surface area is 112 Å². The highest BCUT2D eigenvalue weighted by molar-refractivity contribution is 5.99. The van der Waals surface area contributed by atoms with E-state index < -0.39 is 5.60 Å². The van der Waals surface area contributed by atoms with Crippen LogP contribution in [0.25, 0.3) is 0 Å². The van der Waals surface area contributed by atoms with Crippen LogP contribution >= 0.6 is 0 Å². The fourth-order valence-corrected chi connectivity index (χ4v) is 2.96. The lowest BCUT2D eigenvalue weighted by Gasteiger charge is -2.29. The molecule has 1 amide bonds. The Morgan fingerprint density at radius 2 is 2.37 bits per heavy atom. The minimum Gasteiger partial charge on any atom is -0.388 e. The normalized spacial score (nSPS) is 24.3. The highest BCUT2D eigenvalue weighted by Crippen LogP contribution is 2.45. The molecule has 1 aliphatic heterocycles. The summed E-state index contributed by atoms with van der Waals surface area (Å²) in [5.74, 6) is 0.571. The first-order valence-corrected chi connectivity index (χ1v) is 6.82. The topological polar surface area (TPSA) is 65.5 Å². The van der Waals surface area contributed by atoms with Crippen molar-refractivity contribution in [2.45, 2.75) is 37.3 Å². The predicted octanol–water partition coefficient (Wildman–Crippen LogP) is 1.25. The van der Waals surface area contributed by atoms with E-state index in [2.05, 4.69) is 10.3 Å². The minimum absolute atomic E-state index is 0.0232. The summed E-state index contributed by atoms with van der Waals surface area (Å²) < 4.78 is 0. The third-order valence-corrected chi connectivity index (χ3v) is 4.17. The van der Waals surface area contributed by atoms with Crippen molar-refractivity contribution >= 4 is 11.7 Å². The van der Waals surface area contributed by atoms with Gasteiger partial charge in [-0.25, -0.2) is 4.98 Å². The zero-order valence-electron chi connectivity index (χ0n) is 11.1. The number of aromatic nitrogens is 1. The summed E-state index contributed by atoms with van der Waals surface area (Å²) in [7, 11) is 1.76. The van der Waals surface area contributed by atoms with Crippen LogP contribution in [-0.4, -0.2) is 46.1 Å². The number of carbonyl (C=O) groups is 1. The SMILES string of the molecule is CNc1ncccc1C(=O)N1CCCC1C1(O)CC1. The molecule has 0 radical (unpaired) electrons. The summed E-state index contributed by atoms with van der Waals surface area (Å²) in [5, 5.41) is 13.2. The Bertz CT molecular complexity index is 499. The van der Waals surface area contributed by atoms with Gasteiger partial charge >= 0.3 is 0 Å². The van der Waals surface area contributed by atoms with E-state index in [0.717, 1.165) is 32.2 Å². The van der Waals surface area contributed by atoms with E-state index in [0.29, 0.717) is 11.4 Å². The van der Waals surface area contributed by atoms with Crippen LogP contribution in [0.3, 0.4) is 0 Å². The molecule has 19 heavy (non-hydrogen) atoms. The maximum atomic E-state index is 12.6. The fraction of sp³-hybridized carbons (Fsp3) is 0.571. The molecule has 1 saturated heterocycles. The van der Waals surface area contributed by atoms with Crippen molar-refractivity contribution in [3.05, 3.63) is 23.9 Å². The van der Waals surface area contributed by atoms with Gasteiger partial charge in [0.05, 0.1) is 17.2 Å². The highest BCUT2D eigenvalue weighted by Gasteiger charge is 2.52. The second-order valence-corrected chi connectivity index (χ2v) is 5.41. The van der Waals surface area contributed by atoms with Crippen molar-refractivity contribution in [3.63, 3.8) is 0 Å². The maximum Gasteiger partial charge on any atom is 0.257 e. The lowest BCUT2D eigenvalue weighted by atomic mass is 10.1. The van der Waals surface area contributed by atoms with Gasteiger partial charge in [-0.2, -0.15) is 0 Å². The van der Waals surface area contributed by atoms with Crippen LogP contribution in [0, 0.1) is 0 Å². The number of likely N-dealkylation sites (tertiary alicyclic amines) is 1. The van der Waals surface area contributed by atoms with Crippen LogP contribution < -0.4 is 5.32 Å². The van der Waals surface area contributed by atoms with E-state index in [1.165, 1.54) is 0 Å². The van der Waals surface area contributed by atoms with Gasteiger partial charge in [0.2, 0.25) is 0 Å². The molecule has 2 aliphatic rings. The lowest BCUT2D eigenvalue weighted by molar-refractivity contribution is 0.0387. The molecular weight excluding hydrogens is 242 g/mol. The maximum absolute atomic E-state index is 12.6. The third-order valence-electron chi connectivity index (χ3n) is 4.17. The zero-order valence-corrected chi connectivity index (χ0v) is 11.1. The number of anilines is 1. The van der Waals surface area contributed by atoms with Crippen LogP contribution in [0.5, 0.6) is 0 Å². The molecule has 1 saturated carbocycles. The van der Waals surface area contributed by atoms with Gasteiger partial charge in [0.15, 0.2) is 0 Å². The molecule has 1 atom stereocenters. The number of hydrogen-bond acceptors (Lipinski definition) is 4. The van der Waals surface area contributed by atoms with E-state index in [-0.39, 0.29) is 11.9 Å². The number of carbonyl (C=O) groups excluding carboxylic acids is 1. The Balaban J connectivity index is 1.87. The van der Waals surface area contributed by atoms with Crippen LogP contribution in [0.2, 0.25) is 0 Å². The molecular formula is C14H19N3O2. The number of hydrogen-bond donors (Lipinski definition) is 2. The largest absolute Gasteiger partial charge is 0.388 e. The first-order chi connectivity index (χ1) is 9.15. The Kier molecular flexibility index (Phi) is 2.93. The summed E-state index contributed by atoms with van der Waals surface area (Å²) in [6.07, 6.45) is 5.16. The number of amides is 1. The van der Waals surface area contributed by atoms with Gasteiger partial charge in [-0.1, -0.05) is 0 Å². The average molecular weight is 261 g/mol. The molecule has 0 bridgehead atoms. The van der Waals surface area contributed by atoms with E-state index in [1.54, 1.807) is 25.4 Å². The van der Waals surface area contributed by atoms with Gasteiger partial charge in [-0.15, -0.1) is 0 Å². The van der Waals surface area contributed by atoms with Crippen molar-refractivity contribution in [2.75, 3.05) is 18.9 Å². The molecule has 1 aliphatic carbocycles. The van der Waals surface area contributed by atoms with Crippen molar-refractivity contribution < 1.29 is 9.90 Å². The summed E-state index contributed by atoms with van der Waals surface area (Å²) in [4.78, 5) is 18.6. The molecule has 0 spiro atoms. The molecule has 0 aromatic carbocycles. The number of nitrogens with one attached hydrogen (secondary N) is 1. The monoisotopic (exact) mass is 261 g/mol. The van der Waals surface area contributed by atoms with Crippen molar-refractivity contribution in [2.24, 2.45) is 0 Å². The first-order valence-electron chi connectivity index (χ1n) is 6.82. The number of nitrogens with zero attached hydrogens (tertiary/aromatic N) is 2. The Hall–Kier alpha value is -1.62. The predicted molar refractivity (Wildman–Crippen MR) is 72.0 cm³/mol. The fourth-order valence-electron chi connectivity index (χ4n) is 2.96. The third kappa shape index (κ3) is 2.08. The number of pyridine rings is 1. The molecule has 2 N–H and O–H groups in total. The van der Waals surface area contributed by atoms with Crippen molar-refractivity contribution in [3.8, 4) is 0 Å². The average Bonchev–Trinajstić information content (AvgIpc) is 3.00. The van der Waals surface area contributed by atoms with E-state index in [4.69, 9.17) is 0 Å². The van der Waals surface area contributed by atoms with Gasteiger partial charge in [-0.05, 0) is 37.8 Å². The summed E-state index contributed by atoms with van der Waals surface area (Å²) in [5.41, 5.74) is -0.0464. The molecule has 102 valence electrons. The summed E-state index contributed by atoms with van der Waals surface area (Å²) in [6.45, 7) is 0.726. The van der Waals surface area contributed by atoms with Gasteiger partial charge in [0, 0.05) is 19.8 Å². The van der Waals surface area contributed by atoms with Crippen LogP contribution in [0.1, 0.15) is 36.0 Å². The minimum atomic E-state index is -0.631. The zero-order chi connectivity index (χ0) is 13.5. The number of aliphatic hydroxyl groups is 1. The highest BCUT2D eigenvalue weighted by atomic mass is 16.3. The van der Waals surface area contributed by atoms with Gasteiger partial charge in [0.1, 0.15) is 5.82 Å². The van der Waals surface area contributed by atoms with Crippen molar-refractivity contribution in [1.29, 1.82) is 0 Å². The number of rotatable bonds is 3. The Morgan fingerprint density at radius 1 is 1.58 bits per heavy atom. The molecule has 2 fully saturated rings. The molecule has 5 nitrogen and oxygen atoms in total. The van der Waals surface area contributed by atoms with Crippen LogP contribution in [-0.2, 0) is 0 Å².